The third-order valence-electron chi connectivity index (χ3n) is 0.723. The van der Waals surface area contributed by atoms with Gasteiger partial charge < -0.3 is 4.74 Å². The molecule has 0 unspecified atom stereocenters. The molecule has 0 aromatic rings. The Morgan fingerprint density at radius 2 is 2.22 bits per heavy atom. The van der Waals surface area contributed by atoms with Crippen LogP contribution in [0.15, 0.2) is 0 Å². The van der Waals surface area contributed by atoms with Crippen LogP contribution < -0.4 is 0 Å². The van der Waals surface area contributed by atoms with Gasteiger partial charge in [-0.3, -0.25) is 0 Å². The number of ether oxygens (including phenoxy) is 1. The van der Waals surface area contributed by atoms with Crippen LogP contribution in [0, 0.1) is 0 Å². The smallest absolute Gasteiger partial charge is 0.216 e. The molecule has 0 rings (SSSR count). The van der Waals surface area contributed by atoms with Crippen LogP contribution in [0.1, 0.15) is 19.8 Å². The summed E-state index contributed by atoms with van der Waals surface area (Å²) in [5.41, 5.74) is 0. The summed E-state index contributed by atoms with van der Waals surface area (Å²) in [5, 5.41) is 0. The average Bonchev–Trinajstić information content (AvgIpc) is 1.66. The molecule has 0 bridgehead atoms. The zero-order valence-electron chi connectivity index (χ0n) is 5.24. The first kappa shape index (κ1) is 12.4. The van der Waals surface area contributed by atoms with Crippen LogP contribution in [0.5, 0.6) is 0 Å². The Kier molecular flexibility index (Phi) is 12.1. The molecule has 0 saturated heterocycles. The van der Waals surface area contributed by atoms with Crippen molar-refractivity contribution in [1.82, 2.24) is 0 Å². The van der Waals surface area contributed by atoms with Crippen molar-refractivity contribution in [3.8, 4) is 0 Å². The van der Waals surface area contributed by atoms with E-state index in [1.54, 1.807) is 0 Å². The molecule has 0 aromatic carbocycles. The largest absolute Gasteiger partial charge is 0.479 e. The molecule has 0 amide bonds. The summed E-state index contributed by atoms with van der Waals surface area (Å²) in [6, 6.07) is 0. The van der Waals surface area contributed by atoms with Crippen LogP contribution in [0.2, 0.25) is 0 Å². The summed E-state index contributed by atoms with van der Waals surface area (Å²) in [4.78, 5) is 0. The van der Waals surface area contributed by atoms with Crippen LogP contribution in [-0.2, 0) is 21.8 Å². The topological polar surface area (TPSA) is 9.23 Å². The Bertz CT molecular complexity index is 77.4. The third kappa shape index (κ3) is 12.1. The van der Waals surface area contributed by atoms with Crippen LogP contribution in [-0.4, -0.2) is 11.0 Å². The van der Waals surface area contributed by atoms with Gasteiger partial charge in [-0.15, -0.1) is 0 Å². The Morgan fingerprint density at radius 1 is 1.67 bits per heavy atom. The maximum absolute atomic E-state index is 4.88. The fourth-order valence-electron chi connectivity index (χ4n) is 0.304. The minimum Gasteiger partial charge on any atom is -0.479 e. The van der Waals surface area contributed by atoms with Crippen molar-refractivity contribution in [3.05, 3.63) is 0 Å². The van der Waals surface area contributed by atoms with E-state index in [0.717, 1.165) is 12.8 Å². The molecule has 0 heterocycles. The molecule has 1 nitrogen and oxygen atoms in total. The number of hydrogen-bond acceptors (Lipinski definition) is 2. The van der Waals surface area contributed by atoms with Crippen molar-refractivity contribution in [2.24, 2.45) is 0 Å². The summed E-state index contributed by atoms with van der Waals surface area (Å²) < 4.78 is 5.22. The first-order valence-corrected chi connectivity index (χ1v) is 3.48. The second kappa shape index (κ2) is 8.76. The van der Waals surface area contributed by atoms with E-state index >= 15 is 0 Å². The molecule has 0 aliphatic heterocycles. The maximum Gasteiger partial charge on any atom is 0.216 e. The number of rotatable bonds is 3. The fraction of sp³-hybridized carbons (Fsp3) is 0.800. The van der Waals surface area contributed by atoms with Gasteiger partial charge in [0.05, 0.1) is 6.61 Å². The molecule has 0 N–H and O–H groups in total. The molecule has 56 valence electrons. The summed E-state index contributed by atoms with van der Waals surface area (Å²) in [5.74, 6) is 0. The van der Waals surface area contributed by atoms with E-state index in [1.807, 2.05) is 0 Å². The van der Waals surface area contributed by atoms with E-state index in [0.29, 0.717) is 11.0 Å². The van der Waals surface area contributed by atoms with E-state index in [9.17, 15) is 0 Å². The van der Waals surface area contributed by atoms with Crippen LogP contribution in [0.3, 0.4) is 0 Å². The molecule has 0 atom stereocenters. The van der Waals surface area contributed by atoms with Gasteiger partial charge in [0.2, 0.25) is 4.38 Å². The minimum atomic E-state index is 0. The van der Waals surface area contributed by atoms with Gasteiger partial charge >= 0.3 is 0 Å². The van der Waals surface area contributed by atoms with Gasteiger partial charge in [-0.1, -0.05) is 26.0 Å². The molecule has 0 radical (unpaired) electrons. The molecule has 0 aliphatic carbocycles. The van der Waals surface area contributed by atoms with Gasteiger partial charge in [-0.2, -0.15) is 0 Å². The van der Waals surface area contributed by atoms with Crippen LogP contribution in [0.25, 0.3) is 0 Å². The molecular formula is C5H10FeOS2. The monoisotopic (exact) mass is 206 g/mol. The number of thiol groups is 1. The Morgan fingerprint density at radius 3 is 2.56 bits per heavy atom. The SMILES string of the molecule is CCCCOC(=S)S.[Fe]. The molecule has 4 heteroatoms. The van der Waals surface area contributed by atoms with Crippen molar-refractivity contribution >= 4 is 29.2 Å². The quantitative estimate of drug-likeness (QED) is 0.327. The molecule has 0 fully saturated rings. The first-order valence-electron chi connectivity index (χ1n) is 2.63. The summed E-state index contributed by atoms with van der Waals surface area (Å²) in [6.07, 6.45) is 2.19. The summed E-state index contributed by atoms with van der Waals surface area (Å²) in [7, 11) is 0. The molecule has 0 aromatic heterocycles. The van der Waals surface area contributed by atoms with E-state index in [1.165, 1.54) is 0 Å². The standard InChI is InChI=1S/C5H10OS2.Fe/c1-2-3-4-6-5(7)8;/h2-4H2,1H3,(H,7,8);. The normalized spacial score (nSPS) is 7.78. The van der Waals surface area contributed by atoms with Gasteiger partial charge in [0.25, 0.3) is 0 Å². The van der Waals surface area contributed by atoms with Crippen molar-refractivity contribution in [1.29, 1.82) is 0 Å². The molecular weight excluding hydrogens is 196 g/mol. The molecule has 0 aliphatic rings. The first-order chi connectivity index (χ1) is 3.77. The van der Waals surface area contributed by atoms with Crippen LogP contribution in [0.4, 0.5) is 0 Å². The predicted octanol–water partition coefficient (Wildman–Crippen LogP) is 2.02. The van der Waals surface area contributed by atoms with Crippen LogP contribution >= 0.6 is 24.8 Å². The Labute approximate surface area is 77.4 Å². The van der Waals surface area contributed by atoms with Crippen molar-refractivity contribution in [3.63, 3.8) is 0 Å². The second-order valence-electron chi connectivity index (χ2n) is 1.47. The summed E-state index contributed by atoms with van der Waals surface area (Å²) >= 11 is 8.33. The third-order valence-corrected chi connectivity index (χ3v) is 0.970. The molecule has 0 saturated carbocycles. The zero-order chi connectivity index (χ0) is 6.41. The maximum atomic E-state index is 4.88. The number of unbranched alkanes of at least 4 members (excludes halogenated alkanes) is 1. The minimum absolute atomic E-state index is 0. The average molecular weight is 206 g/mol. The Hall–Kier alpha value is 0.759. The van der Waals surface area contributed by atoms with Gasteiger partial charge in [-0.05, 0) is 18.6 Å². The van der Waals surface area contributed by atoms with Gasteiger partial charge in [-0.25, -0.2) is 0 Å². The number of thiocarbonyl (C=S) groups is 1. The van der Waals surface area contributed by atoms with E-state index < -0.39 is 0 Å². The van der Waals surface area contributed by atoms with Crippen molar-refractivity contribution in [2.45, 2.75) is 19.8 Å². The van der Waals surface area contributed by atoms with Gasteiger partial charge in [0.1, 0.15) is 0 Å². The van der Waals surface area contributed by atoms with E-state index in [4.69, 9.17) is 4.74 Å². The zero-order valence-corrected chi connectivity index (χ0v) is 8.05. The number of hydrogen-bond donors (Lipinski definition) is 1. The Balaban J connectivity index is 0. The van der Waals surface area contributed by atoms with Crippen molar-refractivity contribution < 1.29 is 21.8 Å². The fourth-order valence-corrected chi connectivity index (χ4v) is 0.478. The van der Waals surface area contributed by atoms with E-state index in [2.05, 4.69) is 31.8 Å². The van der Waals surface area contributed by atoms with Gasteiger partial charge in [0.15, 0.2) is 0 Å². The van der Waals surface area contributed by atoms with E-state index in [-0.39, 0.29) is 17.1 Å². The molecule has 0 spiro atoms. The summed E-state index contributed by atoms with van der Waals surface area (Å²) in [6.45, 7) is 2.81. The molecule has 9 heavy (non-hydrogen) atoms. The second-order valence-corrected chi connectivity index (χ2v) is 2.55. The predicted molar refractivity (Wildman–Crippen MR) is 42.4 cm³/mol. The van der Waals surface area contributed by atoms with Crippen molar-refractivity contribution in [2.75, 3.05) is 6.61 Å². The van der Waals surface area contributed by atoms with Gasteiger partial charge in [0, 0.05) is 17.1 Å².